The summed E-state index contributed by atoms with van der Waals surface area (Å²) in [5, 5.41) is 1.08. The number of H-pyrrole nitrogens is 1. The molecule has 3 aliphatic heterocycles. The van der Waals surface area contributed by atoms with Gasteiger partial charge in [0.2, 0.25) is 5.91 Å². The van der Waals surface area contributed by atoms with Crippen LogP contribution in [0.25, 0.3) is 10.9 Å². The second kappa shape index (κ2) is 10.9. The molecule has 3 N–H and O–H groups in total. The summed E-state index contributed by atoms with van der Waals surface area (Å²) in [7, 11) is -3.94. The predicted molar refractivity (Wildman–Crippen MR) is 148 cm³/mol. The number of amides is 2. The van der Waals surface area contributed by atoms with E-state index in [1.165, 1.54) is 15.6 Å². The predicted octanol–water partition coefficient (Wildman–Crippen LogP) is 0.478. The molecule has 3 aromatic rings. The molecule has 0 saturated carbocycles. The van der Waals surface area contributed by atoms with Gasteiger partial charge in [0.25, 0.3) is 15.9 Å². The Morgan fingerprint density at radius 1 is 1.12 bits per heavy atom. The molecule has 0 spiro atoms. The lowest BCUT2D eigenvalue weighted by atomic mass is 10.1. The molecule has 1 aromatic carbocycles. The number of morpholine rings is 1. The van der Waals surface area contributed by atoms with Crippen LogP contribution < -0.4 is 10.9 Å². The highest BCUT2D eigenvalue weighted by Crippen LogP contribution is 2.28. The van der Waals surface area contributed by atoms with Gasteiger partial charge in [-0.1, -0.05) is 5.92 Å². The molecule has 210 valence electrons. The summed E-state index contributed by atoms with van der Waals surface area (Å²) in [5.74, 6) is 2.14. The molecule has 40 heavy (non-hydrogen) atoms. The molecule has 2 saturated heterocycles. The lowest BCUT2D eigenvalue weighted by Crippen LogP contribution is -2.58. The third-order valence-electron chi connectivity index (χ3n) is 7.45. The molecule has 2 fully saturated rings. The maximum atomic E-state index is 13.7. The van der Waals surface area contributed by atoms with Crippen molar-refractivity contribution >= 4 is 44.1 Å². The zero-order chi connectivity index (χ0) is 27.9. The fraction of sp³-hybridized carbons (Fsp3) is 0.423. The van der Waals surface area contributed by atoms with Gasteiger partial charge in [-0.2, -0.15) is 4.31 Å². The van der Waals surface area contributed by atoms with Crippen LogP contribution in [-0.2, 0) is 32.6 Å². The Kier molecular flexibility index (Phi) is 7.34. The Hall–Kier alpha value is -3.32. The van der Waals surface area contributed by atoms with E-state index >= 15 is 0 Å². The van der Waals surface area contributed by atoms with Crippen LogP contribution in [0.2, 0.25) is 0 Å². The van der Waals surface area contributed by atoms with E-state index in [0.29, 0.717) is 60.9 Å². The normalized spacial score (nSPS) is 20.3. The van der Waals surface area contributed by atoms with Gasteiger partial charge >= 0.3 is 0 Å². The fourth-order valence-electron chi connectivity index (χ4n) is 5.27. The number of nitrogens with zero attached hydrogens (tertiary/aromatic N) is 4. The van der Waals surface area contributed by atoms with E-state index in [4.69, 9.17) is 11.2 Å². The van der Waals surface area contributed by atoms with Crippen molar-refractivity contribution in [2.24, 2.45) is 0 Å². The summed E-state index contributed by atoms with van der Waals surface area (Å²) in [6, 6.07) is 6.17. The van der Waals surface area contributed by atoms with Gasteiger partial charge in [0.1, 0.15) is 5.03 Å². The number of ether oxygens (including phenoxy) is 1. The smallest absolute Gasteiger partial charge is 0.283 e. The Balaban J connectivity index is 1.27. The SMILES string of the molecule is C#Cc1ccc2[nH]c(S(=O)(=O)N3CCN(C(=O)c4nc5c(s4)CNNC5)C(CC(=O)N4CCOCC4)C3)cc2c1. The molecule has 2 aromatic heterocycles. The van der Waals surface area contributed by atoms with Gasteiger partial charge in [-0.15, -0.1) is 17.8 Å². The lowest BCUT2D eigenvalue weighted by molar-refractivity contribution is -0.136. The van der Waals surface area contributed by atoms with Crippen molar-refractivity contribution in [3.63, 3.8) is 0 Å². The minimum Gasteiger partial charge on any atom is -0.378 e. The van der Waals surface area contributed by atoms with Gasteiger partial charge in [0, 0.05) is 67.0 Å². The first-order valence-corrected chi connectivity index (χ1v) is 15.3. The average molecular weight is 584 g/mol. The van der Waals surface area contributed by atoms with Crippen LogP contribution in [-0.4, -0.2) is 96.3 Å². The molecule has 5 heterocycles. The summed E-state index contributed by atoms with van der Waals surface area (Å²) >= 11 is 1.33. The number of aromatic amines is 1. The van der Waals surface area contributed by atoms with Gasteiger partial charge in [-0.3, -0.25) is 20.4 Å². The maximum absolute atomic E-state index is 13.7. The van der Waals surface area contributed by atoms with Crippen molar-refractivity contribution < 1.29 is 22.7 Å². The van der Waals surface area contributed by atoms with Crippen LogP contribution >= 0.6 is 11.3 Å². The summed E-state index contributed by atoms with van der Waals surface area (Å²) < 4.78 is 34.2. The molecule has 0 aliphatic carbocycles. The lowest BCUT2D eigenvalue weighted by Gasteiger charge is -2.41. The van der Waals surface area contributed by atoms with E-state index in [2.05, 4.69) is 26.7 Å². The fourth-order valence-corrected chi connectivity index (χ4v) is 7.72. The molecule has 1 atom stereocenters. The molecular formula is C26H29N7O5S2. The number of hydrogen-bond donors (Lipinski definition) is 3. The third kappa shape index (κ3) is 5.12. The van der Waals surface area contributed by atoms with Crippen LogP contribution in [0.3, 0.4) is 0 Å². The van der Waals surface area contributed by atoms with Crippen molar-refractivity contribution in [3.05, 3.63) is 45.4 Å². The van der Waals surface area contributed by atoms with Gasteiger partial charge in [0.05, 0.1) is 31.5 Å². The summed E-state index contributed by atoms with van der Waals surface area (Å²) in [4.78, 5) is 38.8. The molecule has 6 rings (SSSR count). The number of fused-ring (bicyclic) bond motifs is 2. The number of thiazole rings is 1. The van der Waals surface area contributed by atoms with Crippen LogP contribution in [0.5, 0.6) is 0 Å². The largest absolute Gasteiger partial charge is 0.378 e. The average Bonchev–Trinajstić information content (AvgIpc) is 3.62. The number of nitrogens with one attached hydrogen (secondary N) is 3. The van der Waals surface area contributed by atoms with E-state index in [1.54, 1.807) is 34.1 Å². The molecule has 2 amide bonds. The first-order valence-electron chi connectivity index (χ1n) is 13.0. The summed E-state index contributed by atoms with van der Waals surface area (Å²) in [6.45, 7) is 3.14. The highest BCUT2D eigenvalue weighted by atomic mass is 32.2. The molecule has 3 aliphatic rings. The third-order valence-corrected chi connectivity index (χ3v) is 10.3. The Morgan fingerprint density at radius 3 is 2.70 bits per heavy atom. The van der Waals surface area contributed by atoms with Crippen molar-refractivity contribution in [2.45, 2.75) is 30.6 Å². The van der Waals surface area contributed by atoms with Crippen LogP contribution in [0, 0.1) is 12.3 Å². The zero-order valence-corrected chi connectivity index (χ0v) is 23.3. The summed E-state index contributed by atoms with van der Waals surface area (Å²) in [6.07, 6.45) is 5.50. The minimum absolute atomic E-state index is 0.00416. The van der Waals surface area contributed by atoms with Gasteiger partial charge in [0.15, 0.2) is 5.01 Å². The molecule has 12 nitrogen and oxygen atoms in total. The number of aromatic nitrogens is 2. The van der Waals surface area contributed by atoms with Gasteiger partial charge in [-0.25, -0.2) is 13.4 Å². The quantitative estimate of drug-likeness (QED) is 0.369. The zero-order valence-electron chi connectivity index (χ0n) is 21.7. The van der Waals surface area contributed by atoms with Gasteiger partial charge in [-0.05, 0) is 24.3 Å². The molecular weight excluding hydrogens is 554 g/mol. The van der Waals surface area contributed by atoms with E-state index in [-0.39, 0.29) is 42.9 Å². The standard InChI is InChI=1S/C26H29N7O5S2/c1-2-17-3-4-20-18(11-17)12-23(29-20)40(36,37)32-5-6-33(19(16-32)13-24(34)31-7-9-38-10-8-31)26(35)25-30-21-14-27-28-15-22(21)39-25/h1,3-4,11-12,19,27-29H,5-10,13-16H2. The van der Waals surface area contributed by atoms with E-state index < -0.39 is 16.1 Å². The molecule has 14 heteroatoms. The van der Waals surface area contributed by atoms with Crippen LogP contribution in [0.4, 0.5) is 0 Å². The van der Waals surface area contributed by atoms with Gasteiger partial charge < -0.3 is 19.5 Å². The second-order valence-corrected chi connectivity index (χ2v) is 12.9. The Bertz CT molecular complexity index is 1580. The number of rotatable bonds is 5. The van der Waals surface area contributed by atoms with Crippen molar-refractivity contribution in [3.8, 4) is 12.3 Å². The van der Waals surface area contributed by atoms with Crippen molar-refractivity contribution in [1.29, 1.82) is 0 Å². The monoisotopic (exact) mass is 583 g/mol. The van der Waals surface area contributed by atoms with E-state index in [9.17, 15) is 18.0 Å². The molecule has 1 unspecified atom stereocenters. The molecule has 0 radical (unpaired) electrons. The van der Waals surface area contributed by atoms with Crippen LogP contribution in [0.1, 0.15) is 32.4 Å². The number of piperazine rings is 1. The number of hydrogen-bond acceptors (Lipinski definition) is 9. The Morgan fingerprint density at radius 2 is 1.93 bits per heavy atom. The highest BCUT2D eigenvalue weighted by molar-refractivity contribution is 7.89. The number of carbonyl (C=O) groups excluding carboxylic acids is 2. The second-order valence-electron chi connectivity index (χ2n) is 9.89. The van der Waals surface area contributed by atoms with E-state index in [1.807, 2.05) is 0 Å². The minimum atomic E-state index is -3.94. The Labute approximate surface area is 235 Å². The number of benzene rings is 1. The van der Waals surface area contributed by atoms with Crippen molar-refractivity contribution in [1.82, 2.24) is 34.9 Å². The van der Waals surface area contributed by atoms with Crippen molar-refractivity contribution in [2.75, 3.05) is 45.9 Å². The molecule has 0 bridgehead atoms. The summed E-state index contributed by atoms with van der Waals surface area (Å²) in [5.41, 5.74) is 8.20. The highest BCUT2D eigenvalue weighted by Gasteiger charge is 2.40. The van der Waals surface area contributed by atoms with E-state index in [0.717, 1.165) is 10.6 Å². The number of sulfonamides is 1. The van der Waals surface area contributed by atoms with Crippen LogP contribution in [0.15, 0.2) is 29.3 Å². The maximum Gasteiger partial charge on any atom is 0.283 e. The first-order chi connectivity index (χ1) is 19.3. The first kappa shape index (κ1) is 26.9. The topological polar surface area (TPSA) is 140 Å². The number of terminal acetylenes is 1. The number of hydrazine groups is 1. The number of carbonyl (C=O) groups is 2.